The standard InChI is InChI=1S/C16H20N2O/c1-11-6-7-13-9-18(10-14(13)8-11)16(19)15-5-3-4-12(2)17-15/h3-6,13-14H,7-10H2,1-2H3/t13-,14+/m1/s1. The Labute approximate surface area is 114 Å². The first-order valence-electron chi connectivity index (χ1n) is 7.02. The van der Waals surface area contributed by atoms with Crippen molar-refractivity contribution in [1.82, 2.24) is 9.88 Å². The van der Waals surface area contributed by atoms with Gasteiger partial charge in [0.05, 0.1) is 0 Å². The molecular formula is C16H20N2O. The molecule has 19 heavy (non-hydrogen) atoms. The summed E-state index contributed by atoms with van der Waals surface area (Å²) in [6, 6.07) is 5.65. The van der Waals surface area contributed by atoms with E-state index in [9.17, 15) is 4.79 Å². The van der Waals surface area contributed by atoms with Crippen molar-refractivity contribution in [2.45, 2.75) is 26.7 Å². The van der Waals surface area contributed by atoms with Crippen LogP contribution < -0.4 is 0 Å². The lowest BCUT2D eigenvalue weighted by atomic mass is 9.83. The van der Waals surface area contributed by atoms with E-state index in [1.165, 1.54) is 5.57 Å². The third kappa shape index (κ3) is 2.42. The van der Waals surface area contributed by atoms with Gasteiger partial charge in [-0.3, -0.25) is 4.79 Å². The number of hydrogen-bond donors (Lipinski definition) is 0. The molecule has 1 fully saturated rings. The maximum Gasteiger partial charge on any atom is 0.272 e. The molecule has 1 aromatic heterocycles. The third-order valence-electron chi connectivity index (χ3n) is 4.32. The molecule has 1 amide bonds. The second kappa shape index (κ2) is 4.80. The van der Waals surface area contributed by atoms with Gasteiger partial charge in [0, 0.05) is 18.8 Å². The SMILES string of the molecule is CC1=CC[C@@H]2CN(C(=O)c3cccc(C)n3)C[C@@H]2C1. The number of pyridine rings is 1. The van der Waals surface area contributed by atoms with Crippen LogP contribution in [0.4, 0.5) is 0 Å². The number of fused-ring (bicyclic) bond motifs is 1. The molecule has 3 nitrogen and oxygen atoms in total. The van der Waals surface area contributed by atoms with E-state index in [-0.39, 0.29) is 5.91 Å². The molecule has 2 heterocycles. The number of aromatic nitrogens is 1. The van der Waals surface area contributed by atoms with Gasteiger partial charge in [-0.15, -0.1) is 0 Å². The first-order chi connectivity index (χ1) is 9.13. The molecule has 0 unspecified atom stereocenters. The molecule has 3 heteroatoms. The summed E-state index contributed by atoms with van der Waals surface area (Å²) in [7, 11) is 0. The molecule has 0 saturated carbocycles. The highest BCUT2D eigenvalue weighted by atomic mass is 16.2. The molecule has 2 aliphatic rings. The zero-order chi connectivity index (χ0) is 13.4. The number of aryl methyl sites for hydroxylation is 1. The number of allylic oxidation sites excluding steroid dienone is 2. The van der Waals surface area contributed by atoms with Gasteiger partial charge in [0.25, 0.3) is 5.91 Å². The van der Waals surface area contributed by atoms with E-state index in [0.29, 0.717) is 17.5 Å². The van der Waals surface area contributed by atoms with E-state index in [4.69, 9.17) is 0 Å². The summed E-state index contributed by atoms with van der Waals surface area (Å²) in [6.07, 6.45) is 4.61. The van der Waals surface area contributed by atoms with Gasteiger partial charge in [0.1, 0.15) is 5.69 Å². The first kappa shape index (κ1) is 12.4. The molecule has 3 rings (SSSR count). The molecule has 0 aromatic carbocycles. The molecule has 1 saturated heterocycles. The van der Waals surface area contributed by atoms with Crippen LogP contribution in [-0.4, -0.2) is 28.9 Å². The van der Waals surface area contributed by atoms with Crippen LogP contribution in [0.25, 0.3) is 0 Å². The summed E-state index contributed by atoms with van der Waals surface area (Å²) in [4.78, 5) is 18.8. The van der Waals surface area contributed by atoms with E-state index in [2.05, 4.69) is 18.0 Å². The van der Waals surface area contributed by atoms with Crippen molar-refractivity contribution < 1.29 is 4.79 Å². The van der Waals surface area contributed by atoms with E-state index < -0.39 is 0 Å². The summed E-state index contributed by atoms with van der Waals surface area (Å²) in [5.74, 6) is 1.40. The molecule has 1 aliphatic heterocycles. The van der Waals surface area contributed by atoms with E-state index in [1.807, 2.05) is 30.0 Å². The first-order valence-corrected chi connectivity index (χ1v) is 7.02. The van der Waals surface area contributed by atoms with Crippen molar-refractivity contribution in [1.29, 1.82) is 0 Å². The summed E-state index contributed by atoms with van der Waals surface area (Å²) in [6.45, 7) is 5.91. The summed E-state index contributed by atoms with van der Waals surface area (Å²) in [5, 5.41) is 0. The minimum Gasteiger partial charge on any atom is -0.337 e. The number of rotatable bonds is 1. The average molecular weight is 256 g/mol. The van der Waals surface area contributed by atoms with Crippen LogP contribution in [0.3, 0.4) is 0 Å². The van der Waals surface area contributed by atoms with Crippen molar-refractivity contribution in [3.8, 4) is 0 Å². The zero-order valence-electron chi connectivity index (χ0n) is 11.6. The van der Waals surface area contributed by atoms with Crippen molar-refractivity contribution in [3.63, 3.8) is 0 Å². The van der Waals surface area contributed by atoms with Gasteiger partial charge < -0.3 is 4.90 Å². The number of likely N-dealkylation sites (tertiary alicyclic amines) is 1. The molecule has 1 aliphatic carbocycles. The fourth-order valence-corrected chi connectivity index (χ4v) is 3.28. The average Bonchev–Trinajstić information content (AvgIpc) is 2.80. The van der Waals surface area contributed by atoms with Gasteiger partial charge in [0.15, 0.2) is 0 Å². The van der Waals surface area contributed by atoms with E-state index >= 15 is 0 Å². The van der Waals surface area contributed by atoms with Crippen molar-refractivity contribution >= 4 is 5.91 Å². The molecule has 100 valence electrons. The van der Waals surface area contributed by atoms with Crippen LogP contribution in [0.15, 0.2) is 29.8 Å². The highest BCUT2D eigenvalue weighted by Crippen LogP contribution is 2.35. The Bertz CT molecular complexity index is 535. The maximum atomic E-state index is 12.5. The maximum absolute atomic E-state index is 12.5. The number of amides is 1. The molecule has 0 N–H and O–H groups in total. The predicted molar refractivity (Wildman–Crippen MR) is 74.8 cm³/mol. The number of hydrogen-bond acceptors (Lipinski definition) is 2. The monoisotopic (exact) mass is 256 g/mol. The van der Waals surface area contributed by atoms with Gasteiger partial charge in [-0.25, -0.2) is 4.98 Å². The normalized spacial score (nSPS) is 26.0. The minimum atomic E-state index is 0.0933. The Hall–Kier alpha value is -1.64. The number of carbonyl (C=O) groups excluding carboxylic acids is 1. The molecule has 1 aromatic rings. The lowest BCUT2D eigenvalue weighted by molar-refractivity contribution is 0.0778. The summed E-state index contributed by atoms with van der Waals surface area (Å²) >= 11 is 0. The smallest absolute Gasteiger partial charge is 0.272 e. The van der Waals surface area contributed by atoms with Crippen molar-refractivity contribution in [2.75, 3.05) is 13.1 Å². The Morgan fingerprint density at radius 1 is 1.26 bits per heavy atom. The van der Waals surface area contributed by atoms with E-state index in [0.717, 1.165) is 31.6 Å². The second-order valence-electron chi connectivity index (χ2n) is 5.88. The Morgan fingerprint density at radius 3 is 2.84 bits per heavy atom. The van der Waals surface area contributed by atoms with Crippen LogP contribution in [0.2, 0.25) is 0 Å². The van der Waals surface area contributed by atoms with E-state index in [1.54, 1.807) is 0 Å². The highest BCUT2D eigenvalue weighted by molar-refractivity contribution is 5.92. The van der Waals surface area contributed by atoms with Crippen LogP contribution in [0.1, 0.15) is 35.9 Å². The van der Waals surface area contributed by atoms with Gasteiger partial charge in [-0.2, -0.15) is 0 Å². The number of carbonyl (C=O) groups is 1. The minimum absolute atomic E-state index is 0.0933. The Morgan fingerprint density at radius 2 is 2.05 bits per heavy atom. The fourth-order valence-electron chi connectivity index (χ4n) is 3.28. The topological polar surface area (TPSA) is 33.2 Å². The zero-order valence-corrected chi connectivity index (χ0v) is 11.6. The highest BCUT2D eigenvalue weighted by Gasteiger charge is 2.36. The predicted octanol–water partition coefficient (Wildman–Crippen LogP) is 2.82. The van der Waals surface area contributed by atoms with Gasteiger partial charge >= 0.3 is 0 Å². The molecule has 0 bridgehead atoms. The van der Waals surface area contributed by atoms with Crippen LogP contribution >= 0.6 is 0 Å². The molecular weight excluding hydrogens is 236 g/mol. The molecule has 2 atom stereocenters. The summed E-state index contributed by atoms with van der Waals surface area (Å²) < 4.78 is 0. The Balaban J connectivity index is 1.73. The van der Waals surface area contributed by atoms with Crippen LogP contribution in [-0.2, 0) is 0 Å². The van der Waals surface area contributed by atoms with Gasteiger partial charge in [-0.05, 0) is 50.7 Å². The number of nitrogens with zero attached hydrogens (tertiary/aromatic N) is 2. The largest absolute Gasteiger partial charge is 0.337 e. The Kier molecular flexibility index (Phi) is 3.13. The third-order valence-corrected chi connectivity index (χ3v) is 4.32. The lowest BCUT2D eigenvalue weighted by Gasteiger charge is -2.21. The molecule has 0 radical (unpaired) electrons. The van der Waals surface area contributed by atoms with Crippen molar-refractivity contribution in [2.24, 2.45) is 11.8 Å². The van der Waals surface area contributed by atoms with Crippen molar-refractivity contribution in [3.05, 3.63) is 41.2 Å². The summed E-state index contributed by atoms with van der Waals surface area (Å²) in [5.41, 5.74) is 2.97. The quantitative estimate of drug-likeness (QED) is 0.724. The second-order valence-corrected chi connectivity index (χ2v) is 5.88. The lowest BCUT2D eigenvalue weighted by Crippen LogP contribution is -2.29. The molecule has 0 spiro atoms. The van der Waals surface area contributed by atoms with Crippen LogP contribution in [0.5, 0.6) is 0 Å². The van der Waals surface area contributed by atoms with Crippen LogP contribution in [0, 0.1) is 18.8 Å². The van der Waals surface area contributed by atoms with Gasteiger partial charge in [-0.1, -0.05) is 17.7 Å². The fraction of sp³-hybridized carbons (Fsp3) is 0.500. The van der Waals surface area contributed by atoms with Gasteiger partial charge in [0.2, 0.25) is 0 Å².